The third-order valence-corrected chi connectivity index (χ3v) is 3.04. The van der Waals surface area contributed by atoms with Crippen molar-refractivity contribution in [2.45, 2.75) is 65.1 Å². The number of ether oxygens (including phenoxy) is 1. The van der Waals surface area contributed by atoms with Crippen molar-refractivity contribution < 1.29 is 14.6 Å². The second-order valence-electron chi connectivity index (χ2n) is 6.92. The predicted molar refractivity (Wildman–Crippen MR) is 66.8 cm³/mol. The first-order valence-electron chi connectivity index (χ1n) is 6.21. The number of carbonyl (C=O) groups is 1. The molecule has 17 heavy (non-hydrogen) atoms. The first-order chi connectivity index (χ1) is 7.52. The van der Waals surface area contributed by atoms with Gasteiger partial charge >= 0.3 is 6.09 Å². The number of rotatable bonds is 2. The number of hydrogen-bond acceptors (Lipinski definition) is 3. The van der Waals surface area contributed by atoms with E-state index in [1.54, 1.807) is 0 Å². The highest BCUT2D eigenvalue weighted by molar-refractivity contribution is 5.67. The summed E-state index contributed by atoms with van der Waals surface area (Å²) in [5, 5.41) is 13.0. The second-order valence-corrected chi connectivity index (χ2v) is 6.92. The van der Waals surface area contributed by atoms with Crippen LogP contribution in [0.1, 0.15) is 53.9 Å². The van der Waals surface area contributed by atoms with Crippen molar-refractivity contribution in [3.63, 3.8) is 0 Å². The fourth-order valence-corrected chi connectivity index (χ4v) is 2.34. The maximum atomic E-state index is 11.5. The van der Waals surface area contributed by atoms with Crippen LogP contribution in [0.15, 0.2) is 0 Å². The standard InChI is InChI=1S/C13H25NO3/c1-11(2,3)17-10(15)14-9-13(16)7-6-12(4,5)8-13/h16H,6-9H2,1-5H3,(H,14,15). The molecular formula is C13H25NO3. The van der Waals surface area contributed by atoms with Gasteiger partial charge in [0.05, 0.1) is 5.60 Å². The highest BCUT2D eigenvalue weighted by Crippen LogP contribution is 2.43. The van der Waals surface area contributed by atoms with Gasteiger partial charge in [0.15, 0.2) is 0 Å². The zero-order chi connectivity index (χ0) is 13.3. The van der Waals surface area contributed by atoms with Gasteiger partial charge in [-0.05, 0) is 45.4 Å². The topological polar surface area (TPSA) is 58.6 Å². The minimum atomic E-state index is -0.777. The summed E-state index contributed by atoms with van der Waals surface area (Å²) in [6, 6.07) is 0. The molecule has 0 aromatic heterocycles. The molecule has 0 saturated heterocycles. The van der Waals surface area contributed by atoms with Crippen LogP contribution in [0.3, 0.4) is 0 Å². The van der Waals surface area contributed by atoms with Crippen LogP contribution >= 0.6 is 0 Å². The highest BCUT2D eigenvalue weighted by atomic mass is 16.6. The summed E-state index contributed by atoms with van der Waals surface area (Å²) in [6.07, 6.45) is 1.97. The van der Waals surface area contributed by atoms with E-state index in [-0.39, 0.29) is 12.0 Å². The summed E-state index contributed by atoms with van der Waals surface area (Å²) in [5.74, 6) is 0. The molecule has 0 spiro atoms. The summed E-state index contributed by atoms with van der Waals surface area (Å²) in [5.41, 5.74) is -1.12. The summed E-state index contributed by atoms with van der Waals surface area (Å²) in [4.78, 5) is 11.5. The number of amides is 1. The Bertz CT molecular complexity index is 294. The maximum absolute atomic E-state index is 11.5. The van der Waals surface area contributed by atoms with Crippen LogP contribution in [0.2, 0.25) is 0 Å². The molecule has 0 radical (unpaired) electrons. The fraction of sp³-hybridized carbons (Fsp3) is 0.923. The molecule has 0 aliphatic heterocycles. The number of hydrogen-bond donors (Lipinski definition) is 2. The van der Waals surface area contributed by atoms with E-state index in [0.29, 0.717) is 0 Å². The lowest BCUT2D eigenvalue weighted by molar-refractivity contribution is 0.0223. The van der Waals surface area contributed by atoms with Crippen molar-refractivity contribution in [2.75, 3.05) is 6.54 Å². The SMILES string of the molecule is CC1(C)CCC(O)(CNC(=O)OC(C)(C)C)C1. The van der Waals surface area contributed by atoms with Gasteiger partial charge in [-0.15, -0.1) is 0 Å². The quantitative estimate of drug-likeness (QED) is 0.783. The van der Waals surface area contributed by atoms with Crippen molar-refractivity contribution in [1.82, 2.24) is 5.32 Å². The Kier molecular flexibility index (Phi) is 3.77. The van der Waals surface area contributed by atoms with E-state index in [1.165, 1.54) is 0 Å². The molecule has 0 aromatic rings. The molecule has 1 amide bonds. The first kappa shape index (κ1) is 14.3. The van der Waals surface area contributed by atoms with Crippen LogP contribution in [0.5, 0.6) is 0 Å². The molecule has 100 valence electrons. The molecule has 4 nitrogen and oxygen atoms in total. The minimum Gasteiger partial charge on any atom is -0.444 e. The zero-order valence-corrected chi connectivity index (χ0v) is 11.6. The second kappa shape index (κ2) is 4.48. The van der Waals surface area contributed by atoms with Gasteiger partial charge in [0.25, 0.3) is 0 Å². The minimum absolute atomic E-state index is 0.157. The molecule has 1 aliphatic carbocycles. The summed E-state index contributed by atoms with van der Waals surface area (Å²) in [6.45, 7) is 10.0. The molecule has 1 atom stereocenters. The molecule has 0 aromatic carbocycles. The summed E-state index contributed by atoms with van der Waals surface area (Å²) >= 11 is 0. The highest BCUT2D eigenvalue weighted by Gasteiger charge is 2.41. The lowest BCUT2D eigenvalue weighted by atomic mass is 9.89. The van der Waals surface area contributed by atoms with Crippen molar-refractivity contribution in [3.8, 4) is 0 Å². The molecule has 1 fully saturated rings. The Labute approximate surface area is 104 Å². The Morgan fingerprint density at radius 3 is 2.35 bits per heavy atom. The van der Waals surface area contributed by atoms with E-state index in [0.717, 1.165) is 19.3 Å². The van der Waals surface area contributed by atoms with Gasteiger partial charge in [0, 0.05) is 6.54 Å². The van der Waals surface area contributed by atoms with Gasteiger partial charge in [0.2, 0.25) is 0 Å². The fourth-order valence-electron chi connectivity index (χ4n) is 2.34. The summed E-state index contributed by atoms with van der Waals surface area (Å²) in [7, 11) is 0. The molecule has 0 heterocycles. The smallest absolute Gasteiger partial charge is 0.407 e. The van der Waals surface area contributed by atoms with Gasteiger partial charge in [-0.2, -0.15) is 0 Å². The van der Waals surface area contributed by atoms with Crippen molar-refractivity contribution in [1.29, 1.82) is 0 Å². The average Bonchev–Trinajstić information content (AvgIpc) is 2.36. The van der Waals surface area contributed by atoms with Crippen LogP contribution in [0.25, 0.3) is 0 Å². The predicted octanol–water partition coefficient (Wildman–Crippen LogP) is 2.45. The monoisotopic (exact) mass is 243 g/mol. The number of carbonyl (C=O) groups excluding carboxylic acids is 1. The third-order valence-electron chi connectivity index (χ3n) is 3.04. The Morgan fingerprint density at radius 1 is 1.35 bits per heavy atom. The number of aliphatic hydroxyl groups is 1. The van der Waals surface area contributed by atoms with E-state index in [9.17, 15) is 9.90 Å². The normalized spacial score (nSPS) is 27.9. The molecular weight excluding hydrogens is 218 g/mol. The van der Waals surface area contributed by atoms with Crippen LogP contribution in [-0.4, -0.2) is 28.9 Å². The largest absolute Gasteiger partial charge is 0.444 e. The third kappa shape index (κ3) is 4.94. The van der Waals surface area contributed by atoms with Crippen molar-refractivity contribution in [2.24, 2.45) is 5.41 Å². The van der Waals surface area contributed by atoms with E-state index < -0.39 is 17.3 Å². The lowest BCUT2D eigenvalue weighted by Crippen LogP contribution is -2.43. The Balaban J connectivity index is 2.39. The molecule has 4 heteroatoms. The van der Waals surface area contributed by atoms with E-state index in [4.69, 9.17) is 4.74 Å². The molecule has 1 aliphatic rings. The molecule has 2 N–H and O–H groups in total. The first-order valence-corrected chi connectivity index (χ1v) is 6.21. The van der Waals surface area contributed by atoms with Gasteiger partial charge in [-0.3, -0.25) is 0 Å². The zero-order valence-electron chi connectivity index (χ0n) is 11.6. The lowest BCUT2D eigenvalue weighted by Gasteiger charge is -2.26. The van der Waals surface area contributed by atoms with Crippen LogP contribution in [0, 0.1) is 5.41 Å². The van der Waals surface area contributed by atoms with E-state index in [2.05, 4.69) is 19.2 Å². The van der Waals surface area contributed by atoms with Crippen molar-refractivity contribution >= 4 is 6.09 Å². The molecule has 1 rings (SSSR count). The molecule has 0 bridgehead atoms. The van der Waals surface area contributed by atoms with Crippen LogP contribution in [0.4, 0.5) is 4.79 Å². The van der Waals surface area contributed by atoms with Gasteiger partial charge in [-0.25, -0.2) is 4.79 Å². The van der Waals surface area contributed by atoms with E-state index in [1.807, 2.05) is 20.8 Å². The molecule has 1 unspecified atom stereocenters. The van der Waals surface area contributed by atoms with Crippen LogP contribution < -0.4 is 5.32 Å². The van der Waals surface area contributed by atoms with Gasteiger partial charge in [0.1, 0.15) is 5.60 Å². The maximum Gasteiger partial charge on any atom is 0.407 e. The van der Waals surface area contributed by atoms with Crippen LogP contribution in [-0.2, 0) is 4.74 Å². The Hall–Kier alpha value is -0.770. The average molecular weight is 243 g/mol. The van der Waals surface area contributed by atoms with Crippen molar-refractivity contribution in [3.05, 3.63) is 0 Å². The number of alkyl carbamates (subject to hydrolysis) is 1. The molecule has 1 saturated carbocycles. The number of nitrogens with one attached hydrogen (secondary N) is 1. The Morgan fingerprint density at radius 2 is 1.94 bits per heavy atom. The van der Waals surface area contributed by atoms with Gasteiger partial charge < -0.3 is 15.2 Å². The van der Waals surface area contributed by atoms with E-state index >= 15 is 0 Å². The summed E-state index contributed by atoms with van der Waals surface area (Å²) < 4.78 is 5.13. The van der Waals surface area contributed by atoms with Gasteiger partial charge in [-0.1, -0.05) is 13.8 Å².